The molecule has 1 aromatic carbocycles. The summed E-state index contributed by atoms with van der Waals surface area (Å²) in [5.41, 5.74) is 15.4. The largest absolute Gasteiger partial charge is 0.495 e. The smallest absolute Gasteiger partial charge is 0.317 e. The molecule has 10 bridgehead atoms. The molecule has 0 spiro atoms. The van der Waals surface area contributed by atoms with Crippen LogP contribution in [-0.2, 0) is 17.9 Å². The second-order valence-corrected chi connectivity index (χ2v) is 11.0. The Morgan fingerprint density at radius 3 is 1.59 bits per heavy atom. The number of pyridine rings is 5. The lowest BCUT2D eigenvalue weighted by Crippen LogP contribution is -2.29. The maximum absolute atomic E-state index is 11.8. The van der Waals surface area contributed by atoms with Crippen molar-refractivity contribution >= 4 is 11.7 Å². The predicted octanol–water partition coefficient (Wildman–Crippen LogP) is 5.99. The fourth-order valence-electron chi connectivity index (χ4n) is 5.55. The third-order valence-corrected chi connectivity index (χ3v) is 7.68. The molecule has 0 unspecified atom stereocenters. The van der Waals surface area contributed by atoms with E-state index < -0.39 is 5.97 Å². The zero-order valence-corrected chi connectivity index (χ0v) is 25.0. The molecule has 0 fully saturated rings. The summed E-state index contributed by atoms with van der Waals surface area (Å²) in [6.07, 6.45) is 0. The average Bonchev–Trinajstić information content (AvgIpc) is 3.08. The third kappa shape index (κ3) is 6.01. The number of hydrogen-bond acceptors (Lipinski definition) is 9. The SMILES string of the molecule is COc1ccc(-c2cc3nc(c2)-c2cccc(n2)-c2cccc(n2)CN(CC(=O)O)Cc2cccc(n2)-c2cccc-3n2)cc1N. The highest BCUT2D eigenvalue weighted by Crippen LogP contribution is 2.34. The van der Waals surface area contributed by atoms with Crippen LogP contribution in [-0.4, -0.2) is 54.6 Å². The molecule has 1 aliphatic heterocycles. The van der Waals surface area contributed by atoms with Crippen molar-refractivity contribution in [3.63, 3.8) is 0 Å². The minimum absolute atomic E-state index is 0.165. The van der Waals surface area contributed by atoms with E-state index in [2.05, 4.69) is 0 Å². The van der Waals surface area contributed by atoms with Gasteiger partial charge in [0.2, 0.25) is 0 Å². The van der Waals surface area contributed by atoms with E-state index in [1.165, 1.54) is 0 Å². The second-order valence-electron chi connectivity index (χ2n) is 11.0. The number of fused-ring (bicyclic) bond motifs is 14. The lowest BCUT2D eigenvalue weighted by molar-refractivity contribution is -0.138. The number of nitrogen functional groups attached to an aromatic ring is 1. The number of carboxylic acids is 1. The summed E-state index contributed by atoms with van der Waals surface area (Å²) in [6, 6.07) is 32.5. The van der Waals surface area contributed by atoms with E-state index in [9.17, 15) is 9.90 Å². The zero-order valence-electron chi connectivity index (χ0n) is 25.0. The van der Waals surface area contributed by atoms with Crippen LogP contribution in [0.3, 0.4) is 0 Å². The van der Waals surface area contributed by atoms with Crippen molar-refractivity contribution in [1.29, 1.82) is 0 Å². The fourth-order valence-corrected chi connectivity index (χ4v) is 5.55. The number of aliphatic carboxylic acids is 1. The van der Waals surface area contributed by atoms with Gasteiger partial charge in [0.15, 0.2) is 0 Å². The van der Waals surface area contributed by atoms with E-state index in [-0.39, 0.29) is 6.54 Å². The van der Waals surface area contributed by atoms with Crippen molar-refractivity contribution in [1.82, 2.24) is 29.8 Å². The fraction of sp³-hybridized carbons (Fsp3) is 0.111. The Balaban J connectivity index is 1.44. The quantitative estimate of drug-likeness (QED) is 0.230. The molecule has 7 rings (SSSR count). The molecule has 5 aromatic heterocycles. The number of ether oxygens (including phenoxy) is 1. The van der Waals surface area contributed by atoms with Gasteiger partial charge in [0.1, 0.15) is 5.75 Å². The van der Waals surface area contributed by atoms with Crippen LogP contribution in [0.1, 0.15) is 11.4 Å². The Morgan fingerprint density at radius 2 is 1.11 bits per heavy atom. The van der Waals surface area contributed by atoms with Crippen LogP contribution >= 0.6 is 0 Å². The van der Waals surface area contributed by atoms with Crippen molar-refractivity contribution < 1.29 is 14.6 Å². The molecule has 0 atom stereocenters. The number of rotatable bonds is 4. The Bertz CT molecular complexity index is 1990. The molecule has 46 heavy (non-hydrogen) atoms. The van der Waals surface area contributed by atoms with Crippen molar-refractivity contribution in [2.45, 2.75) is 13.1 Å². The summed E-state index contributed by atoms with van der Waals surface area (Å²) in [5, 5.41) is 9.67. The monoisotopic (exact) mass is 607 g/mol. The standard InChI is InChI=1S/C36H29N7O3/c1-46-35-15-14-22(16-26(35)37)23-17-33-31-12-4-10-29(40-31)27-8-2-6-24(38-27)19-43(21-36(44)45)20-25-7-3-9-28(39-25)30-11-5-13-32(41-30)34(18-23)42-33/h2-18H,19-21,37H2,1H3,(H,44,45). The van der Waals surface area contributed by atoms with Crippen LogP contribution < -0.4 is 10.5 Å². The first kappa shape index (κ1) is 28.8. The van der Waals surface area contributed by atoms with Crippen molar-refractivity contribution in [2.75, 3.05) is 19.4 Å². The second kappa shape index (κ2) is 12.2. The Kier molecular flexibility index (Phi) is 7.61. The number of anilines is 1. The molecular weight excluding hydrogens is 578 g/mol. The first-order valence-electron chi connectivity index (χ1n) is 14.7. The molecule has 226 valence electrons. The van der Waals surface area contributed by atoms with Gasteiger partial charge in [0, 0.05) is 13.1 Å². The van der Waals surface area contributed by atoms with E-state index in [1.54, 1.807) is 12.0 Å². The average molecular weight is 608 g/mol. The highest BCUT2D eigenvalue weighted by Gasteiger charge is 2.17. The summed E-state index contributed by atoms with van der Waals surface area (Å²) < 4.78 is 5.39. The maximum atomic E-state index is 11.8. The number of carboxylic acid groups (broad SMARTS) is 1. The van der Waals surface area contributed by atoms with Crippen molar-refractivity contribution in [3.05, 3.63) is 115 Å². The predicted molar refractivity (Wildman–Crippen MR) is 175 cm³/mol. The molecule has 6 heterocycles. The maximum Gasteiger partial charge on any atom is 0.317 e. The van der Waals surface area contributed by atoms with Crippen molar-refractivity contribution in [3.8, 4) is 62.4 Å². The number of hydrogen-bond donors (Lipinski definition) is 2. The van der Waals surface area contributed by atoms with Gasteiger partial charge in [-0.15, -0.1) is 0 Å². The number of aromatic nitrogens is 5. The molecule has 0 saturated carbocycles. The van der Waals surface area contributed by atoms with E-state index >= 15 is 0 Å². The third-order valence-electron chi connectivity index (χ3n) is 7.68. The summed E-state index contributed by atoms with van der Waals surface area (Å²) in [6.45, 7) is 0.469. The minimum atomic E-state index is -0.927. The van der Waals surface area contributed by atoms with E-state index in [0.29, 0.717) is 70.1 Å². The number of nitrogens with zero attached hydrogens (tertiary/aromatic N) is 6. The van der Waals surface area contributed by atoms with Gasteiger partial charge in [-0.3, -0.25) is 9.69 Å². The summed E-state index contributed by atoms with van der Waals surface area (Å²) in [7, 11) is 1.59. The highest BCUT2D eigenvalue weighted by molar-refractivity contribution is 5.78. The lowest BCUT2D eigenvalue weighted by Gasteiger charge is -2.20. The van der Waals surface area contributed by atoms with E-state index in [4.69, 9.17) is 35.4 Å². The summed E-state index contributed by atoms with van der Waals surface area (Å²) in [5.74, 6) is -0.325. The number of carbonyl (C=O) groups is 1. The molecule has 10 nitrogen and oxygen atoms in total. The van der Waals surface area contributed by atoms with E-state index in [1.807, 2.05) is 103 Å². The molecule has 6 aromatic rings. The van der Waals surface area contributed by atoms with Crippen LogP contribution in [0.4, 0.5) is 5.69 Å². The van der Waals surface area contributed by atoms with Gasteiger partial charge in [0.25, 0.3) is 0 Å². The van der Waals surface area contributed by atoms with Gasteiger partial charge in [-0.25, -0.2) is 24.9 Å². The van der Waals surface area contributed by atoms with Gasteiger partial charge in [-0.05, 0) is 83.9 Å². The van der Waals surface area contributed by atoms with Crippen LogP contribution in [0, 0.1) is 0 Å². The lowest BCUT2D eigenvalue weighted by atomic mass is 10.0. The molecule has 1 aliphatic rings. The van der Waals surface area contributed by atoms with Crippen molar-refractivity contribution in [2.24, 2.45) is 0 Å². The number of benzene rings is 1. The van der Waals surface area contributed by atoms with Gasteiger partial charge in [-0.1, -0.05) is 30.3 Å². The Labute approximate surface area is 265 Å². The topological polar surface area (TPSA) is 140 Å². The van der Waals surface area contributed by atoms with Crippen LogP contribution in [0.25, 0.3) is 56.7 Å². The summed E-state index contributed by atoms with van der Waals surface area (Å²) in [4.78, 5) is 38.3. The van der Waals surface area contributed by atoms with Gasteiger partial charge >= 0.3 is 5.97 Å². The summed E-state index contributed by atoms with van der Waals surface area (Å²) >= 11 is 0. The Morgan fingerprint density at radius 1 is 0.652 bits per heavy atom. The molecule has 0 saturated heterocycles. The molecular formula is C36H29N7O3. The zero-order chi connectivity index (χ0) is 31.6. The molecule has 10 heteroatoms. The number of nitrogens with two attached hydrogens (primary N) is 1. The molecule has 0 amide bonds. The first-order chi connectivity index (χ1) is 22.4. The minimum Gasteiger partial charge on any atom is -0.495 e. The van der Waals surface area contributed by atoms with Crippen LogP contribution in [0.5, 0.6) is 5.75 Å². The van der Waals surface area contributed by atoms with Gasteiger partial charge in [-0.2, -0.15) is 0 Å². The molecule has 0 radical (unpaired) electrons. The van der Waals surface area contributed by atoms with Gasteiger partial charge < -0.3 is 15.6 Å². The first-order valence-corrected chi connectivity index (χ1v) is 14.7. The molecule has 0 aliphatic carbocycles. The highest BCUT2D eigenvalue weighted by atomic mass is 16.5. The van der Waals surface area contributed by atoms with Crippen LogP contribution in [0.2, 0.25) is 0 Å². The molecule has 3 N–H and O–H groups in total. The Hall–Kier alpha value is -6.00. The normalized spacial score (nSPS) is 12.5. The van der Waals surface area contributed by atoms with Gasteiger partial charge in [0.05, 0.1) is 76.3 Å². The van der Waals surface area contributed by atoms with E-state index in [0.717, 1.165) is 22.5 Å². The van der Waals surface area contributed by atoms with Crippen LogP contribution in [0.15, 0.2) is 103 Å². The number of methoxy groups -OCH3 is 1.